The van der Waals surface area contributed by atoms with E-state index in [0.717, 1.165) is 35.7 Å². The molecule has 2 aliphatic rings. The van der Waals surface area contributed by atoms with Gasteiger partial charge in [-0.15, -0.1) is 5.10 Å². The van der Waals surface area contributed by atoms with Gasteiger partial charge >= 0.3 is 0 Å². The van der Waals surface area contributed by atoms with Crippen LogP contribution >= 0.6 is 11.5 Å². The third-order valence-corrected chi connectivity index (χ3v) is 5.08. The van der Waals surface area contributed by atoms with Gasteiger partial charge in [0.1, 0.15) is 10.7 Å². The van der Waals surface area contributed by atoms with Gasteiger partial charge in [-0.25, -0.2) is 0 Å². The van der Waals surface area contributed by atoms with Gasteiger partial charge < -0.3 is 5.32 Å². The lowest BCUT2D eigenvalue weighted by atomic mass is 9.92. The highest BCUT2D eigenvalue weighted by Crippen LogP contribution is 2.37. The van der Waals surface area contributed by atoms with Crippen LogP contribution in [0.4, 0.5) is 5.00 Å². The van der Waals surface area contributed by atoms with E-state index < -0.39 is 0 Å². The number of anilines is 1. The molecule has 2 unspecified atom stereocenters. The van der Waals surface area contributed by atoms with Gasteiger partial charge in [0.2, 0.25) is 0 Å². The summed E-state index contributed by atoms with van der Waals surface area (Å²) in [5.74, 6) is 0.952. The summed E-state index contributed by atoms with van der Waals surface area (Å²) >= 11 is 1.49. The molecule has 1 saturated carbocycles. The Labute approximate surface area is 113 Å². The normalized spacial score (nSPS) is 28.3. The van der Waals surface area contributed by atoms with Crippen LogP contribution in [0, 0.1) is 5.92 Å². The molecule has 0 radical (unpaired) electrons. The van der Waals surface area contributed by atoms with Gasteiger partial charge in [0, 0.05) is 30.7 Å². The van der Waals surface area contributed by atoms with E-state index in [4.69, 9.17) is 0 Å². The van der Waals surface area contributed by atoms with Crippen molar-refractivity contribution in [3.05, 3.63) is 5.69 Å². The molecule has 1 aliphatic carbocycles. The first-order valence-electron chi connectivity index (χ1n) is 7.17. The molecule has 2 heterocycles. The molecule has 0 aromatic carbocycles. The fourth-order valence-electron chi connectivity index (χ4n) is 3.55. The number of hydrogen-bond acceptors (Lipinski definition) is 5. The smallest absolute Gasteiger partial charge is 0.134 e. The van der Waals surface area contributed by atoms with E-state index in [1.807, 2.05) is 0 Å². The Morgan fingerprint density at radius 2 is 2.22 bits per heavy atom. The SMILES string of the molecule is CCNc1snnc1CN1CCCC2CCCC21. The summed E-state index contributed by atoms with van der Waals surface area (Å²) in [5.41, 5.74) is 1.15. The minimum atomic E-state index is 0.815. The molecule has 18 heavy (non-hydrogen) atoms. The zero-order valence-corrected chi connectivity index (χ0v) is 11.9. The van der Waals surface area contributed by atoms with Crippen LogP contribution in [0.3, 0.4) is 0 Å². The molecule has 1 aromatic heterocycles. The molecule has 1 aromatic rings. The van der Waals surface area contributed by atoms with Gasteiger partial charge in [-0.3, -0.25) is 4.90 Å². The van der Waals surface area contributed by atoms with E-state index in [0.29, 0.717) is 0 Å². The molecule has 0 amide bonds. The van der Waals surface area contributed by atoms with Crippen molar-refractivity contribution in [3.8, 4) is 0 Å². The van der Waals surface area contributed by atoms with Crippen LogP contribution < -0.4 is 5.32 Å². The number of piperidine rings is 1. The van der Waals surface area contributed by atoms with Crippen molar-refractivity contribution in [2.45, 2.75) is 51.6 Å². The third-order valence-electron chi connectivity index (χ3n) is 4.35. The lowest BCUT2D eigenvalue weighted by Crippen LogP contribution is -2.42. The lowest BCUT2D eigenvalue weighted by Gasteiger charge is -2.37. The zero-order chi connectivity index (χ0) is 12.4. The maximum absolute atomic E-state index is 4.31. The second-order valence-corrected chi connectivity index (χ2v) is 6.20. The number of fused-ring (bicyclic) bond motifs is 1. The van der Waals surface area contributed by atoms with Gasteiger partial charge in [-0.2, -0.15) is 0 Å². The molecule has 1 N–H and O–H groups in total. The van der Waals surface area contributed by atoms with Crippen molar-refractivity contribution in [2.75, 3.05) is 18.4 Å². The average molecular weight is 266 g/mol. The van der Waals surface area contributed by atoms with E-state index in [-0.39, 0.29) is 0 Å². The van der Waals surface area contributed by atoms with Gasteiger partial charge in [0.25, 0.3) is 0 Å². The summed E-state index contributed by atoms with van der Waals surface area (Å²) in [7, 11) is 0. The van der Waals surface area contributed by atoms with Crippen molar-refractivity contribution in [1.29, 1.82) is 0 Å². The molecule has 5 heteroatoms. The Balaban J connectivity index is 1.69. The highest BCUT2D eigenvalue weighted by Gasteiger charge is 2.35. The van der Waals surface area contributed by atoms with Crippen molar-refractivity contribution >= 4 is 16.5 Å². The van der Waals surface area contributed by atoms with Crippen molar-refractivity contribution < 1.29 is 0 Å². The second-order valence-electron chi connectivity index (χ2n) is 5.45. The summed E-state index contributed by atoms with van der Waals surface area (Å²) in [6, 6.07) is 0.815. The van der Waals surface area contributed by atoms with Crippen molar-refractivity contribution in [2.24, 2.45) is 5.92 Å². The minimum absolute atomic E-state index is 0.815. The highest BCUT2D eigenvalue weighted by atomic mass is 32.1. The molecular weight excluding hydrogens is 244 g/mol. The molecule has 2 fully saturated rings. The number of likely N-dealkylation sites (tertiary alicyclic amines) is 1. The van der Waals surface area contributed by atoms with Crippen LogP contribution in [-0.2, 0) is 6.54 Å². The Morgan fingerprint density at radius 3 is 3.11 bits per heavy atom. The number of hydrogen-bond donors (Lipinski definition) is 1. The molecule has 3 rings (SSSR count). The predicted molar refractivity (Wildman–Crippen MR) is 74.8 cm³/mol. The molecule has 0 bridgehead atoms. The molecule has 1 saturated heterocycles. The summed E-state index contributed by atoms with van der Waals surface area (Å²) in [4.78, 5) is 2.65. The largest absolute Gasteiger partial charge is 0.374 e. The number of aromatic nitrogens is 2. The molecule has 1 aliphatic heterocycles. The Hall–Kier alpha value is -0.680. The minimum Gasteiger partial charge on any atom is -0.374 e. The Morgan fingerprint density at radius 1 is 1.33 bits per heavy atom. The predicted octanol–water partition coefficient (Wildman–Crippen LogP) is 2.73. The van der Waals surface area contributed by atoms with Crippen LogP contribution in [0.1, 0.15) is 44.7 Å². The fourth-order valence-corrected chi connectivity index (χ4v) is 4.19. The standard InChI is InChI=1S/C13H22N4S/c1-2-14-13-11(15-16-18-13)9-17-8-4-6-10-5-3-7-12(10)17/h10,12,14H,2-9H2,1H3. The van der Waals surface area contributed by atoms with Gasteiger partial charge in [-0.05, 0) is 45.1 Å². The summed E-state index contributed by atoms with van der Waals surface area (Å²) in [5, 5.41) is 8.84. The van der Waals surface area contributed by atoms with Crippen molar-refractivity contribution in [1.82, 2.24) is 14.5 Å². The van der Waals surface area contributed by atoms with E-state index >= 15 is 0 Å². The first-order valence-corrected chi connectivity index (χ1v) is 7.95. The molecule has 2 atom stereocenters. The average Bonchev–Trinajstić information content (AvgIpc) is 3.00. The fraction of sp³-hybridized carbons (Fsp3) is 0.846. The van der Waals surface area contributed by atoms with Crippen molar-refractivity contribution in [3.63, 3.8) is 0 Å². The van der Waals surface area contributed by atoms with Gasteiger partial charge in [-0.1, -0.05) is 10.9 Å². The molecular formula is C13H22N4S. The quantitative estimate of drug-likeness (QED) is 0.910. The first kappa shape index (κ1) is 12.4. The summed E-state index contributed by atoms with van der Waals surface area (Å²) < 4.78 is 4.09. The lowest BCUT2D eigenvalue weighted by molar-refractivity contribution is 0.104. The number of nitrogens with one attached hydrogen (secondary N) is 1. The highest BCUT2D eigenvalue weighted by molar-refractivity contribution is 7.10. The first-order chi connectivity index (χ1) is 8.88. The van der Waals surface area contributed by atoms with Crippen LogP contribution in [0.25, 0.3) is 0 Å². The topological polar surface area (TPSA) is 41.1 Å². The Bertz CT molecular complexity index is 392. The maximum atomic E-state index is 4.31. The van der Waals surface area contributed by atoms with Gasteiger partial charge in [0.15, 0.2) is 0 Å². The number of rotatable bonds is 4. The molecule has 0 spiro atoms. The monoisotopic (exact) mass is 266 g/mol. The number of nitrogens with zero attached hydrogens (tertiary/aromatic N) is 3. The van der Waals surface area contributed by atoms with Crippen LogP contribution in [0.15, 0.2) is 0 Å². The molecule has 100 valence electrons. The Kier molecular flexibility index (Phi) is 3.80. The van der Waals surface area contributed by atoms with Crippen LogP contribution in [-0.4, -0.2) is 33.6 Å². The zero-order valence-electron chi connectivity index (χ0n) is 11.1. The maximum Gasteiger partial charge on any atom is 0.134 e. The van der Waals surface area contributed by atoms with E-state index in [9.17, 15) is 0 Å². The summed E-state index contributed by atoms with van der Waals surface area (Å²) in [6.45, 7) is 5.30. The van der Waals surface area contributed by atoms with Crippen LogP contribution in [0.2, 0.25) is 0 Å². The van der Waals surface area contributed by atoms with Gasteiger partial charge in [0.05, 0.1) is 0 Å². The molecule has 4 nitrogen and oxygen atoms in total. The third kappa shape index (κ3) is 2.38. The van der Waals surface area contributed by atoms with E-state index in [1.54, 1.807) is 0 Å². The van der Waals surface area contributed by atoms with E-state index in [1.165, 1.54) is 50.2 Å². The summed E-state index contributed by atoms with van der Waals surface area (Å²) in [6.07, 6.45) is 7.04. The van der Waals surface area contributed by atoms with Crippen LogP contribution in [0.5, 0.6) is 0 Å². The second kappa shape index (κ2) is 5.53. The van der Waals surface area contributed by atoms with E-state index in [2.05, 4.69) is 26.7 Å².